The van der Waals surface area contributed by atoms with Crippen LogP contribution in [-0.2, 0) is 13.3 Å². The van der Waals surface area contributed by atoms with Crippen LogP contribution in [-0.4, -0.2) is 36.7 Å². The Balaban J connectivity index is 2.14. The molecule has 0 amide bonds. The lowest BCUT2D eigenvalue weighted by Crippen LogP contribution is -2.54. The Hall–Kier alpha value is -1.77. The van der Waals surface area contributed by atoms with E-state index in [1.807, 2.05) is 20.8 Å². The van der Waals surface area contributed by atoms with Gasteiger partial charge in [0, 0.05) is 31.0 Å². The lowest BCUT2D eigenvalue weighted by molar-refractivity contribution is 0.0754. The maximum atomic E-state index is 6.28. The summed E-state index contributed by atoms with van der Waals surface area (Å²) < 4.78 is 18.9. The maximum absolute atomic E-state index is 6.28. The summed E-state index contributed by atoms with van der Waals surface area (Å²) in [6.45, 7) is 12.9. The normalized spacial score (nSPS) is 13.5. The zero-order valence-corrected chi connectivity index (χ0v) is 21.6. The Morgan fingerprint density at radius 3 is 1.84 bits per heavy atom. The lowest BCUT2D eigenvalue weighted by Gasteiger charge is -2.39. The monoisotopic (exact) mass is 452 g/mol. The highest BCUT2D eigenvalue weighted by Gasteiger charge is 2.49. The van der Waals surface area contributed by atoms with Gasteiger partial charge in [0.2, 0.25) is 0 Å². The first-order valence-electron chi connectivity index (χ1n) is 11.4. The average Bonchev–Trinajstić information content (AvgIpc) is 2.75. The first-order chi connectivity index (χ1) is 15.0. The van der Waals surface area contributed by atoms with Gasteiger partial charge in [0.1, 0.15) is 0 Å². The van der Waals surface area contributed by atoms with Crippen molar-refractivity contribution in [1.82, 2.24) is 0 Å². The number of hydrogen-bond acceptors (Lipinski definition) is 3. The van der Waals surface area contributed by atoms with Crippen molar-refractivity contribution < 1.29 is 13.3 Å². The van der Waals surface area contributed by atoms with Crippen molar-refractivity contribution in [1.29, 1.82) is 0 Å². The van der Waals surface area contributed by atoms with E-state index in [0.29, 0.717) is 25.4 Å². The van der Waals surface area contributed by atoms with Crippen LogP contribution in [0.4, 0.5) is 0 Å². The molecule has 0 aliphatic rings. The third-order valence-corrected chi connectivity index (χ3v) is 15.6. The summed E-state index contributed by atoms with van der Waals surface area (Å²) in [6, 6.07) is 26.3. The highest BCUT2D eigenvalue weighted by molar-refractivity contribution is 6.90. The van der Waals surface area contributed by atoms with Crippen molar-refractivity contribution in [3.8, 4) is 0 Å². The third-order valence-electron chi connectivity index (χ3n) is 5.81. The van der Waals surface area contributed by atoms with Crippen molar-refractivity contribution >= 4 is 27.7 Å². The van der Waals surface area contributed by atoms with E-state index in [4.69, 9.17) is 13.3 Å². The molecule has 1 unspecified atom stereocenters. The van der Waals surface area contributed by atoms with E-state index in [1.54, 1.807) is 0 Å². The minimum atomic E-state index is -2.77. The molecule has 5 heteroatoms. The summed E-state index contributed by atoms with van der Waals surface area (Å²) in [5, 5.41) is 2.62. The van der Waals surface area contributed by atoms with Gasteiger partial charge >= 0.3 is 8.80 Å². The van der Waals surface area contributed by atoms with Gasteiger partial charge in [-0.3, -0.25) is 0 Å². The summed E-state index contributed by atoms with van der Waals surface area (Å²) >= 11 is 0. The highest BCUT2D eigenvalue weighted by Crippen LogP contribution is 2.41. The molecule has 0 radical (unpaired) electrons. The van der Waals surface area contributed by atoms with Crippen LogP contribution >= 0.6 is 0 Å². The molecule has 0 spiro atoms. The fourth-order valence-electron chi connectivity index (χ4n) is 4.80. The molecular formula is C26H36O3Si2. The fraction of sp³-hybridized carbons (Fsp3) is 0.385. The summed E-state index contributed by atoms with van der Waals surface area (Å²) in [7, 11) is -4.76. The number of fused-ring (bicyclic) bond motifs is 1. The van der Waals surface area contributed by atoms with E-state index in [0.717, 1.165) is 5.67 Å². The highest BCUT2D eigenvalue weighted by atomic mass is 28.4. The van der Waals surface area contributed by atoms with E-state index in [2.05, 4.69) is 85.9 Å². The Morgan fingerprint density at radius 1 is 0.677 bits per heavy atom. The van der Waals surface area contributed by atoms with Crippen LogP contribution in [0.1, 0.15) is 37.4 Å². The van der Waals surface area contributed by atoms with Crippen molar-refractivity contribution in [2.45, 2.75) is 45.1 Å². The van der Waals surface area contributed by atoms with E-state index in [-0.39, 0.29) is 0 Å². The van der Waals surface area contributed by atoms with Crippen LogP contribution in [0.5, 0.6) is 0 Å². The average molecular weight is 453 g/mol. The SMILES string of the molecule is CCO[Si](C[Si](C)(C)C(c1ccccc1)c1cccc2ccccc12)(OCC)OCC. The van der Waals surface area contributed by atoms with Gasteiger partial charge in [-0.15, -0.1) is 0 Å². The molecule has 0 saturated carbocycles. The van der Waals surface area contributed by atoms with Crippen molar-refractivity contribution in [2.75, 3.05) is 19.8 Å². The summed E-state index contributed by atoms with van der Waals surface area (Å²) in [4.78, 5) is 0. The Bertz CT molecular complexity index is 937. The molecule has 166 valence electrons. The lowest BCUT2D eigenvalue weighted by atomic mass is 9.98. The largest absolute Gasteiger partial charge is 0.498 e. The molecule has 31 heavy (non-hydrogen) atoms. The van der Waals surface area contributed by atoms with Gasteiger partial charge in [0.25, 0.3) is 0 Å². The second-order valence-electron chi connectivity index (χ2n) is 8.56. The quantitative estimate of drug-likeness (QED) is 0.299. The number of benzene rings is 3. The molecule has 3 nitrogen and oxygen atoms in total. The predicted molar refractivity (Wildman–Crippen MR) is 135 cm³/mol. The molecule has 0 aliphatic heterocycles. The van der Waals surface area contributed by atoms with Crippen LogP contribution in [0, 0.1) is 0 Å². The molecule has 0 bridgehead atoms. The minimum absolute atomic E-state index is 0.313. The zero-order valence-electron chi connectivity index (χ0n) is 19.6. The fourth-order valence-corrected chi connectivity index (χ4v) is 15.1. The van der Waals surface area contributed by atoms with Crippen LogP contribution in [0.2, 0.25) is 18.8 Å². The maximum Gasteiger partial charge on any atom is 0.498 e. The molecule has 3 aromatic rings. The topological polar surface area (TPSA) is 27.7 Å². The van der Waals surface area contributed by atoms with Crippen LogP contribution in [0.3, 0.4) is 0 Å². The van der Waals surface area contributed by atoms with Crippen molar-refractivity contribution in [2.24, 2.45) is 0 Å². The minimum Gasteiger partial charge on any atom is -0.374 e. The van der Waals surface area contributed by atoms with E-state index >= 15 is 0 Å². The van der Waals surface area contributed by atoms with Gasteiger partial charge in [-0.25, -0.2) is 0 Å². The molecule has 0 saturated heterocycles. The first-order valence-corrected chi connectivity index (χ1v) is 16.6. The van der Waals surface area contributed by atoms with Crippen molar-refractivity contribution in [3.05, 3.63) is 83.9 Å². The molecule has 0 fully saturated rings. The van der Waals surface area contributed by atoms with Crippen LogP contribution < -0.4 is 0 Å². The van der Waals surface area contributed by atoms with Gasteiger partial charge in [-0.2, -0.15) is 0 Å². The molecule has 0 aromatic heterocycles. The molecular weight excluding hydrogens is 416 g/mol. The van der Waals surface area contributed by atoms with Gasteiger partial charge in [0.15, 0.2) is 0 Å². The zero-order chi connectivity index (χ0) is 22.3. The smallest absolute Gasteiger partial charge is 0.374 e. The number of rotatable bonds is 11. The summed E-state index contributed by atoms with van der Waals surface area (Å²) in [6.07, 6.45) is 0. The van der Waals surface area contributed by atoms with Gasteiger partial charge in [0.05, 0.1) is 8.07 Å². The summed E-state index contributed by atoms with van der Waals surface area (Å²) in [5.74, 6) is 0. The Morgan fingerprint density at radius 2 is 1.23 bits per heavy atom. The molecule has 0 aliphatic carbocycles. The number of hydrogen-bond donors (Lipinski definition) is 0. The van der Waals surface area contributed by atoms with Gasteiger partial charge < -0.3 is 13.3 Å². The Labute approximate surface area is 189 Å². The molecule has 0 heterocycles. The summed E-state index contributed by atoms with van der Waals surface area (Å²) in [5.41, 5.74) is 3.96. The molecule has 3 aromatic carbocycles. The first kappa shape index (κ1) is 23.9. The van der Waals surface area contributed by atoms with Crippen LogP contribution in [0.25, 0.3) is 10.8 Å². The Kier molecular flexibility index (Phi) is 8.25. The van der Waals surface area contributed by atoms with E-state index in [9.17, 15) is 0 Å². The van der Waals surface area contributed by atoms with Crippen molar-refractivity contribution in [3.63, 3.8) is 0 Å². The molecule has 0 N–H and O–H groups in total. The van der Waals surface area contributed by atoms with E-state index < -0.39 is 16.9 Å². The predicted octanol–water partition coefficient (Wildman–Crippen LogP) is 6.81. The van der Waals surface area contributed by atoms with Crippen LogP contribution in [0.15, 0.2) is 72.8 Å². The molecule has 1 atom stereocenters. The van der Waals surface area contributed by atoms with E-state index in [1.165, 1.54) is 21.9 Å². The second kappa shape index (κ2) is 10.7. The standard InChI is InChI=1S/C26H36O3Si2/c1-6-27-31(28-7-2,29-8-3)21-30(4,5)26(23-16-10-9-11-17-23)25-20-14-18-22-15-12-13-19-24(22)25/h9-20,26H,6-8,21H2,1-5H3. The molecule has 3 rings (SSSR count). The third kappa shape index (κ3) is 5.54. The second-order valence-corrected chi connectivity index (χ2v) is 16.8. The van der Waals surface area contributed by atoms with Gasteiger partial charge in [-0.1, -0.05) is 85.9 Å². The van der Waals surface area contributed by atoms with Gasteiger partial charge in [-0.05, 0) is 42.7 Å².